The van der Waals surface area contributed by atoms with Crippen molar-refractivity contribution in [2.45, 2.75) is 12.1 Å². The van der Waals surface area contributed by atoms with Crippen LogP contribution in [0.1, 0.15) is 15.9 Å². The highest BCUT2D eigenvalue weighted by molar-refractivity contribution is 7.99. The molecule has 136 valence electrons. The minimum absolute atomic E-state index is 0.0454. The molecule has 1 aromatic carbocycles. The Balaban J connectivity index is 1.88. The first-order valence-electron chi connectivity index (χ1n) is 8.07. The minimum Gasteiger partial charge on any atom is -0.348 e. The summed E-state index contributed by atoms with van der Waals surface area (Å²) < 4.78 is 1.76. The van der Waals surface area contributed by atoms with Gasteiger partial charge in [-0.25, -0.2) is 4.40 Å². The topological polar surface area (TPSA) is 79.5 Å². The van der Waals surface area contributed by atoms with E-state index in [2.05, 4.69) is 20.2 Å². The molecule has 0 saturated carbocycles. The second-order valence-corrected chi connectivity index (χ2v) is 7.25. The second kappa shape index (κ2) is 7.28. The second-order valence-electron chi connectivity index (χ2n) is 6.31. The van der Waals surface area contributed by atoms with Crippen LogP contribution in [0.25, 0.3) is 5.78 Å². The van der Waals surface area contributed by atoms with E-state index in [1.54, 1.807) is 4.40 Å². The summed E-state index contributed by atoms with van der Waals surface area (Å²) in [7, 11) is 7.54. The number of aromatic nitrogens is 5. The van der Waals surface area contributed by atoms with Gasteiger partial charge in [0, 0.05) is 33.8 Å². The summed E-state index contributed by atoms with van der Waals surface area (Å²) in [6.45, 7) is 2.00. The van der Waals surface area contributed by atoms with Crippen molar-refractivity contribution in [1.82, 2.24) is 24.6 Å². The molecule has 0 aliphatic carbocycles. The number of hydrogen-bond donors (Lipinski definition) is 0. The number of thioether (sulfide) groups is 1. The molecular weight excluding hydrogens is 350 g/mol. The minimum atomic E-state index is 0.0454. The van der Waals surface area contributed by atoms with E-state index in [4.69, 9.17) is 0 Å². The molecule has 0 aliphatic heterocycles. The summed E-state index contributed by atoms with van der Waals surface area (Å²) >= 11 is 1.33. The highest BCUT2D eigenvalue weighted by Crippen LogP contribution is 2.23. The van der Waals surface area contributed by atoms with Gasteiger partial charge in [-0.05, 0) is 6.92 Å². The van der Waals surface area contributed by atoms with Gasteiger partial charge in [0.05, 0.1) is 5.75 Å². The number of hydrogen-bond acceptors (Lipinski definition) is 8. The van der Waals surface area contributed by atoms with Crippen molar-refractivity contribution in [2.24, 2.45) is 0 Å². The monoisotopic (exact) mass is 371 g/mol. The molecule has 0 saturated heterocycles. The summed E-state index contributed by atoms with van der Waals surface area (Å²) in [5.74, 6) is 1.99. The third-order valence-corrected chi connectivity index (χ3v) is 4.65. The molecule has 9 heteroatoms. The maximum absolute atomic E-state index is 12.4. The van der Waals surface area contributed by atoms with E-state index in [1.807, 2.05) is 69.2 Å². The van der Waals surface area contributed by atoms with Crippen LogP contribution in [0.5, 0.6) is 0 Å². The number of benzene rings is 1. The first-order chi connectivity index (χ1) is 12.4. The zero-order chi connectivity index (χ0) is 18.8. The molecule has 0 unspecified atom stereocenters. The van der Waals surface area contributed by atoms with Crippen molar-refractivity contribution in [2.75, 3.05) is 43.7 Å². The largest absolute Gasteiger partial charge is 0.348 e. The summed E-state index contributed by atoms with van der Waals surface area (Å²) in [6, 6.07) is 7.56. The van der Waals surface area contributed by atoms with E-state index in [1.165, 1.54) is 11.8 Å². The Morgan fingerprint density at radius 3 is 2.35 bits per heavy atom. The molecule has 3 aromatic rings. The molecule has 3 rings (SSSR count). The van der Waals surface area contributed by atoms with Crippen LogP contribution in [-0.2, 0) is 0 Å². The molecule has 0 bridgehead atoms. The highest BCUT2D eigenvalue weighted by atomic mass is 32.2. The predicted molar refractivity (Wildman–Crippen MR) is 103 cm³/mol. The number of ketones is 1. The Bertz CT molecular complexity index is 934. The summed E-state index contributed by atoms with van der Waals surface area (Å²) in [6.07, 6.45) is 0. The van der Waals surface area contributed by atoms with Crippen molar-refractivity contribution in [1.29, 1.82) is 0 Å². The van der Waals surface area contributed by atoms with Gasteiger partial charge in [0.25, 0.3) is 5.78 Å². The quantitative estimate of drug-likeness (QED) is 0.480. The fraction of sp³-hybridized carbons (Fsp3) is 0.353. The predicted octanol–water partition coefficient (Wildman–Crippen LogP) is 1.93. The van der Waals surface area contributed by atoms with Gasteiger partial charge in [-0.1, -0.05) is 41.6 Å². The van der Waals surface area contributed by atoms with Crippen LogP contribution in [0.4, 0.5) is 11.9 Å². The lowest BCUT2D eigenvalue weighted by Gasteiger charge is -2.17. The van der Waals surface area contributed by atoms with Crippen LogP contribution in [0.15, 0.2) is 29.4 Å². The number of fused-ring (bicyclic) bond motifs is 1. The summed E-state index contributed by atoms with van der Waals surface area (Å²) in [5, 5.41) is 8.93. The van der Waals surface area contributed by atoms with Crippen LogP contribution in [0.2, 0.25) is 0 Å². The van der Waals surface area contributed by atoms with E-state index >= 15 is 0 Å². The van der Waals surface area contributed by atoms with Gasteiger partial charge >= 0.3 is 0 Å². The smallest absolute Gasteiger partial charge is 0.261 e. The standard InChI is InChI=1S/C17H21N7OS/c1-11-6-8-12(9-7-11)13(25)10-26-17-21-20-15-18-14(22(2)3)19-16(23(4)5)24(15)17/h6-9H,10H2,1-5H3. The van der Waals surface area contributed by atoms with Crippen molar-refractivity contribution in [3.63, 3.8) is 0 Å². The molecule has 2 heterocycles. The average molecular weight is 371 g/mol. The fourth-order valence-electron chi connectivity index (χ4n) is 2.31. The first kappa shape index (κ1) is 18.1. The number of rotatable bonds is 6. The van der Waals surface area contributed by atoms with Gasteiger partial charge in [0.2, 0.25) is 11.9 Å². The fourth-order valence-corrected chi connectivity index (χ4v) is 3.13. The molecule has 0 radical (unpaired) electrons. The molecule has 0 atom stereocenters. The van der Waals surface area contributed by atoms with E-state index in [0.717, 1.165) is 5.56 Å². The maximum Gasteiger partial charge on any atom is 0.261 e. The third-order valence-electron chi connectivity index (χ3n) is 3.72. The Morgan fingerprint density at radius 2 is 1.73 bits per heavy atom. The molecule has 8 nitrogen and oxygen atoms in total. The summed E-state index contributed by atoms with van der Waals surface area (Å²) in [4.78, 5) is 25.1. The van der Waals surface area contributed by atoms with Crippen molar-refractivity contribution in [3.8, 4) is 0 Å². The zero-order valence-electron chi connectivity index (χ0n) is 15.5. The maximum atomic E-state index is 12.4. The summed E-state index contributed by atoms with van der Waals surface area (Å²) in [5.41, 5.74) is 1.82. The van der Waals surface area contributed by atoms with E-state index in [9.17, 15) is 4.79 Å². The Labute approximate surface area is 156 Å². The molecule has 0 N–H and O–H groups in total. The van der Waals surface area contributed by atoms with Gasteiger partial charge < -0.3 is 9.80 Å². The molecule has 2 aromatic heterocycles. The van der Waals surface area contributed by atoms with Crippen molar-refractivity contribution in [3.05, 3.63) is 35.4 Å². The molecule has 0 fully saturated rings. The molecule has 0 amide bonds. The van der Waals surface area contributed by atoms with Crippen molar-refractivity contribution < 1.29 is 4.79 Å². The van der Waals surface area contributed by atoms with Crippen LogP contribution >= 0.6 is 11.8 Å². The van der Waals surface area contributed by atoms with Gasteiger partial charge in [0.1, 0.15) is 0 Å². The Hall–Kier alpha value is -2.68. The molecule has 26 heavy (non-hydrogen) atoms. The number of Topliss-reactive ketones (excluding diaryl/α,β-unsaturated/α-hetero) is 1. The lowest BCUT2D eigenvalue weighted by Crippen LogP contribution is -2.20. The normalized spacial score (nSPS) is 11.0. The van der Waals surface area contributed by atoms with Crippen LogP contribution in [0.3, 0.4) is 0 Å². The Kier molecular flexibility index (Phi) is 5.08. The first-order valence-corrected chi connectivity index (χ1v) is 9.06. The molecular formula is C17H21N7OS. The lowest BCUT2D eigenvalue weighted by molar-refractivity contribution is 0.102. The highest BCUT2D eigenvalue weighted by Gasteiger charge is 2.18. The van der Waals surface area contributed by atoms with Crippen molar-refractivity contribution >= 4 is 35.2 Å². The van der Waals surface area contributed by atoms with Crippen LogP contribution < -0.4 is 9.80 Å². The molecule has 0 aliphatic rings. The SMILES string of the molecule is Cc1ccc(C(=O)CSc2nnc3nc(N(C)C)nc(N(C)C)n23)cc1. The number of carbonyl (C=O) groups excluding carboxylic acids is 1. The van der Waals surface area contributed by atoms with E-state index in [0.29, 0.717) is 28.4 Å². The van der Waals surface area contributed by atoms with E-state index < -0.39 is 0 Å². The van der Waals surface area contributed by atoms with E-state index in [-0.39, 0.29) is 11.5 Å². The van der Waals surface area contributed by atoms with Gasteiger partial charge in [-0.3, -0.25) is 4.79 Å². The van der Waals surface area contributed by atoms with Crippen LogP contribution in [-0.4, -0.2) is 64.3 Å². The molecule has 0 spiro atoms. The van der Waals surface area contributed by atoms with Gasteiger partial charge in [0.15, 0.2) is 10.9 Å². The number of anilines is 2. The number of nitrogens with zero attached hydrogens (tertiary/aromatic N) is 7. The third kappa shape index (κ3) is 3.62. The lowest BCUT2D eigenvalue weighted by atomic mass is 10.1. The number of carbonyl (C=O) groups is 1. The average Bonchev–Trinajstić information content (AvgIpc) is 3.02. The zero-order valence-corrected chi connectivity index (χ0v) is 16.3. The van der Waals surface area contributed by atoms with Crippen LogP contribution in [0, 0.1) is 6.92 Å². The van der Waals surface area contributed by atoms with Gasteiger partial charge in [-0.15, -0.1) is 10.2 Å². The number of aryl methyl sites for hydroxylation is 1. The van der Waals surface area contributed by atoms with Gasteiger partial charge in [-0.2, -0.15) is 9.97 Å². The Morgan fingerprint density at radius 1 is 1.04 bits per heavy atom.